The van der Waals surface area contributed by atoms with Gasteiger partial charge in [0.25, 0.3) is 0 Å². The zero-order valence-electron chi connectivity index (χ0n) is 10.9. The van der Waals surface area contributed by atoms with Crippen LogP contribution in [0.4, 0.5) is 0 Å². The predicted octanol–water partition coefficient (Wildman–Crippen LogP) is 2.72. The summed E-state index contributed by atoms with van der Waals surface area (Å²) in [6, 6.07) is 7.55. The summed E-state index contributed by atoms with van der Waals surface area (Å²) < 4.78 is 0. The number of nitrogens with one attached hydrogen (secondary N) is 2. The molecule has 0 saturated heterocycles. The van der Waals surface area contributed by atoms with Gasteiger partial charge in [0.05, 0.1) is 5.54 Å². The molecule has 0 unspecified atom stereocenters. The summed E-state index contributed by atoms with van der Waals surface area (Å²) in [5.74, 6) is 0.0318. The first-order valence-corrected chi connectivity index (χ1v) is 6.05. The van der Waals surface area contributed by atoms with E-state index in [1.165, 1.54) is 0 Å². The smallest absolute Gasteiger partial charge is 0.221 e. The number of rotatable bonds is 5. The van der Waals surface area contributed by atoms with Crippen LogP contribution in [-0.4, -0.2) is 19.5 Å². The highest BCUT2D eigenvalue weighted by Crippen LogP contribution is 2.22. The monoisotopic (exact) mass is 290 g/mol. The molecule has 102 valence electrons. The second kappa shape index (κ2) is 7.62. The zero-order chi connectivity index (χ0) is 12.9. The van der Waals surface area contributed by atoms with Gasteiger partial charge in [-0.2, -0.15) is 0 Å². The Labute approximate surface area is 120 Å². The minimum atomic E-state index is -0.407. The molecule has 1 aromatic rings. The van der Waals surface area contributed by atoms with Crippen LogP contribution in [0.3, 0.4) is 0 Å². The number of hydrogen-bond donors (Lipinski definition) is 2. The van der Waals surface area contributed by atoms with Crippen LogP contribution in [0.1, 0.15) is 25.8 Å². The SMILES string of the molecule is CNCCC(=O)NC(C)(C)c1cccc(Cl)c1.Cl. The summed E-state index contributed by atoms with van der Waals surface area (Å²) in [5.41, 5.74) is 0.596. The predicted molar refractivity (Wildman–Crippen MR) is 78.4 cm³/mol. The van der Waals surface area contributed by atoms with Crippen molar-refractivity contribution in [3.05, 3.63) is 34.9 Å². The fraction of sp³-hybridized carbons (Fsp3) is 0.462. The fourth-order valence-electron chi connectivity index (χ4n) is 1.60. The molecule has 3 nitrogen and oxygen atoms in total. The van der Waals surface area contributed by atoms with Crippen LogP contribution in [0.15, 0.2) is 24.3 Å². The van der Waals surface area contributed by atoms with Gasteiger partial charge in [0.15, 0.2) is 0 Å². The zero-order valence-corrected chi connectivity index (χ0v) is 12.5. The van der Waals surface area contributed by atoms with Gasteiger partial charge in [0, 0.05) is 18.0 Å². The van der Waals surface area contributed by atoms with Gasteiger partial charge in [-0.3, -0.25) is 4.79 Å². The second-order valence-electron chi connectivity index (χ2n) is 4.54. The molecule has 0 bridgehead atoms. The maximum Gasteiger partial charge on any atom is 0.221 e. The van der Waals surface area contributed by atoms with Crippen molar-refractivity contribution in [1.82, 2.24) is 10.6 Å². The van der Waals surface area contributed by atoms with Crippen molar-refractivity contribution in [3.63, 3.8) is 0 Å². The molecule has 1 amide bonds. The molecule has 0 aliphatic rings. The average Bonchev–Trinajstić information content (AvgIpc) is 2.26. The quantitative estimate of drug-likeness (QED) is 0.876. The van der Waals surface area contributed by atoms with E-state index in [2.05, 4.69) is 10.6 Å². The lowest BCUT2D eigenvalue weighted by molar-refractivity contribution is -0.122. The molecule has 0 heterocycles. The van der Waals surface area contributed by atoms with E-state index in [9.17, 15) is 4.79 Å². The van der Waals surface area contributed by atoms with E-state index >= 15 is 0 Å². The number of hydrogen-bond acceptors (Lipinski definition) is 2. The molecule has 0 spiro atoms. The van der Waals surface area contributed by atoms with Gasteiger partial charge >= 0.3 is 0 Å². The summed E-state index contributed by atoms with van der Waals surface area (Å²) in [6.45, 7) is 4.61. The third-order valence-electron chi connectivity index (χ3n) is 2.60. The number of benzene rings is 1. The highest BCUT2D eigenvalue weighted by molar-refractivity contribution is 6.30. The van der Waals surface area contributed by atoms with Crippen molar-refractivity contribution >= 4 is 29.9 Å². The lowest BCUT2D eigenvalue weighted by Crippen LogP contribution is -2.41. The van der Waals surface area contributed by atoms with Crippen molar-refractivity contribution in [2.75, 3.05) is 13.6 Å². The van der Waals surface area contributed by atoms with Crippen molar-refractivity contribution in [3.8, 4) is 0 Å². The maximum atomic E-state index is 11.7. The first-order valence-electron chi connectivity index (χ1n) is 5.67. The van der Waals surface area contributed by atoms with Gasteiger partial charge in [-0.1, -0.05) is 23.7 Å². The highest BCUT2D eigenvalue weighted by atomic mass is 35.5. The van der Waals surface area contributed by atoms with Crippen LogP contribution in [0.2, 0.25) is 5.02 Å². The van der Waals surface area contributed by atoms with Crippen LogP contribution < -0.4 is 10.6 Å². The van der Waals surface area contributed by atoms with Crippen LogP contribution in [0, 0.1) is 0 Å². The summed E-state index contributed by atoms with van der Waals surface area (Å²) in [5, 5.41) is 6.63. The highest BCUT2D eigenvalue weighted by Gasteiger charge is 2.22. The Kier molecular flexibility index (Phi) is 7.29. The Hall–Kier alpha value is -0.770. The van der Waals surface area contributed by atoms with Gasteiger partial charge < -0.3 is 10.6 Å². The molecule has 1 rings (SSSR count). The van der Waals surface area contributed by atoms with E-state index in [-0.39, 0.29) is 18.3 Å². The van der Waals surface area contributed by atoms with Crippen molar-refractivity contribution < 1.29 is 4.79 Å². The van der Waals surface area contributed by atoms with Crippen molar-refractivity contribution in [2.24, 2.45) is 0 Å². The van der Waals surface area contributed by atoms with E-state index in [4.69, 9.17) is 11.6 Å². The second-order valence-corrected chi connectivity index (χ2v) is 4.97. The minimum Gasteiger partial charge on any atom is -0.347 e. The molecular weight excluding hydrogens is 271 g/mol. The molecule has 0 radical (unpaired) electrons. The minimum absolute atomic E-state index is 0. The van der Waals surface area contributed by atoms with Crippen molar-refractivity contribution in [2.45, 2.75) is 25.8 Å². The topological polar surface area (TPSA) is 41.1 Å². The Morgan fingerprint density at radius 2 is 2.06 bits per heavy atom. The molecule has 0 aliphatic heterocycles. The molecule has 0 aliphatic carbocycles. The molecule has 1 aromatic carbocycles. The normalized spacial score (nSPS) is 10.7. The molecule has 0 aromatic heterocycles. The molecule has 0 atom stereocenters. The first-order chi connectivity index (χ1) is 7.95. The lowest BCUT2D eigenvalue weighted by Gasteiger charge is -2.27. The van der Waals surface area contributed by atoms with Gasteiger partial charge in [-0.25, -0.2) is 0 Å². The Morgan fingerprint density at radius 3 is 2.61 bits per heavy atom. The lowest BCUT2D eigenvalue weighted by atomic mass is 9.94. The van der Waals surface area contributed by atoms with Gasteiger partial charge in [-0.15, -0.1) is 12.4 Å². The summed E-state index contributed by atoms with van der Waals surface area (Å²) in [4.78, 5) is 11.7. The Bertz CT molecular complexity index is 394. The van der Waals surface area contributed by atoms with Gasteiger partial charge in [-0.05, 0) is 38.6 Å². The Balaban J connectivity index is 0.00000289. The van der Waals surface area contributed by atoms with Crippen LogP contribution in [0.25, 0.3) is 0 Å². The standard InChI is InChI=1S/C13H19ClN2O.ClH/c1-13(2,16-12(17)7-8-15-3)10-5-4-6-11(14)9-10;/h4-6,9,15H,7-8H2,1-3H3,(H,16,17);1H. The molecule has 18 heavy (non-hydrogen) atoms. The molecule has 2 N–H and O–H groups in total. The Morgan fingerprint density at radius 1 is 1.39 bits per heavy atom. The van der Waals surface area contributed by atoms with Crippen molar-refractivity contribution in [1.29, 1.82) is 0 Å². The van der Waals surface area contributed by atoms with E-state index in [1.54, 1.807) is 0 Å². The number of carbonyl (C=O) groups is 1. The van der Waals surface area contributed by atoms with E-state index in [1.807, 2.05) is 45.2 Å². The largest absolute Gasteiger partial charge is 0.347 e. The van der Waals surface area contributed by atoms with E-state index < -0.39 is 5.54 Å². The molecule has 0 fully saturated rings. The molecular formula is C13H20Cl2N2O. The number of carbonyl (C=O) groups excluding carboxylic acids is 1. The first kappa shape index (κ1) is 17.2. The maximum absolute atomic E-state index is 11.7. The molecule has 0 saturated carbocycles. The average molecular weight is 291 g/mol. The van der Waals surface area contributed by atoms with Gasteiger partial charge in [0.1, 0.15) is 0 Å². The van der Waals surface area contributed by atoms with Crippen LogP contribution in [0.5, 0.6) is 0 Å². The number of halogens is 2. The number of amides is 1. The van der Waals surface area contributed by atoms with Crippen LogP contribution in [-0.2, 0) is 10.3 Å². The third-order valence-corrected chi connectivity index (χ3v) is 2.84. The summed E-state index contributed by atoms with van der Waals surface area (Å²) in [6.07, 6.45) is 0.473. The summed E-state index contributed by atoms with van der Waals surface area (Å²) >= 11 is 5.95. The third kappa shape index (κ3) is 5.25. The summed E-state index contributed by atoms with van der Waals surface area (Å²) in [7, 11) is 1.83. The van der Waals surface area contributed by atoms with E-state index in [0.717, 1.165) is 5.56 Å². The molecule has 5 heteroatoms. The van der Waals surface area contributed by atoms with Crippen LogP contribution >= 0.6 is 24.0 Å². The van der Waals surface area contributed by atoms with E-state index in [0.29, 0.717) is 18.0 Å². The van der Waals surface area contributed by atoms with Gasteiger partial charge in [0.2, 0.25) is 5.91 Å². The fourth-order valence-corrected chi connectivity index (χ4v) is 1.79.